The van der Waals surface area contributed by atoms with E-state index in [1.807, 2.05) is 24.8 Å². The molecule has 2 aromatic heterocycles. The van der Waals surface area contributed by atoms with Crippen LogP contribution in [0.15, 0.2) is 73.9 Å². The Labute approximate surface area is 373 Å². The zero-order valence-electron chi connectivity index (χ0n) is 39.9. The molecule has 0 aliphatic rings. The predicted molar refractivity (Wildman–Crippen MR) is 259 cm³/mol. The van der Waals surface area contributed by atoms with E-state index in [4.69, 9.17) is 0 Å². The third-order valence-electron chi connectivity index (χ3n) is 12.3. The molecule has 0 N–H and O–H groups in total. The van der Waals surface area contributed by atoms with E-state index in [0.29, 0.717) is 0 Å². The molecule has 0 bridgehead atoms. The van der Waals surface area contributed by atoms with Gasteiger partial charge in [0.15, 0.2) is 24.8 Å². The number of hydrogen-bond acceptors (Lipinski definition) is 4. The second-order valence-electron chi connectivity index (χ2n) is 17.9. The second-order valence-corrected chi connectivity index (χ2v) is 17.9. The minimum absolute atomic E-state index is 1.08. The van der Waals surface area contributed by atoms with Crippen LogP contribution < -0.4 is 9.13 Å². The number of aromatic nitrogens is 4. The van der Waals surface area contributed by atoms with Crippen molar-refractivity contribution in [3.8, 4) is 0 Å². The van der Waals surface area contributed by atoms with Gasteiger partial charge in [0.2, 0.25) is 0 Å². The van der Waals surface area contributed by atoms with Gasteiger partial charge in [-0.25, -0.2) is 9.13 Å². The molecule has 0 saturated carbocycles. The quantitative estimate of drug-likeness (QED) is 0.0379. The van der Waals surface area contributed by atoms with Crippen molar-refractivity contribution in [2.45, 2.75) is 232 Å². The molecule has 0 amide bonds. The van der Waals surface area contributed by atoms with Gasteiger partial charge < -0.3 is 9.80 Å². The predicted octanol–water partition coefficient (Wildman–Crippen LogP) is 14.0. The summed E-state index contributed by atoms with van der Waals surface area (Å²) in [5.41, 5.74) is 0. The smallest absolute Gasteiger partial charge is 0.187 e. The summed E-state index contributed by atoms with van der Waals surface area (Å²) in [6.45, 7) is 14.1. The summed E-state index contributed by atoms with van der Waals surface area (Å²) in [6.07, 6.45) is 69.3. The van der Waals surface area contributed by atoms with E-state index in [1.165, 1.54) is 245 Å². The van der Waals surface area contributed by atoms with Crippen LogP contribution in [0.1, 0.15) is 219 Å². The summed E-state index contributed by atoms with van der Waals surface area (Å²) in [7, 11) is 0. The second kappa shape index (κ2) is 43.2. The molecule has 2 rings (SSSR count). The number of allylic oxidation sites excluding steroid dienone is 4. The normalized spacial score (nSPS) is 12.0. The summed E-state index contributed by atoms with van der Waals surface area (Å²) in [5, 5.41) is 0. The van der Waals surface area contributed by atoms with Crippen molar-refractivity contribution < 1.29 is 9.13 Å². The van der Waals surface area contributed by atoms with Gasteiger partial charge in [-0.2, -0.15) is 0 Å². The molecule has 6 nitrogen and oxygen atoms in total. The van der Waals surface area contributed by atoms with Crippen LogP contribution in [-0.4, -0.2) is 59.0 Å². The van der Waals surface area contributed by atoms with Crippen molar-refractivity contribution in [1.29, 1.82) is 0 Å². The van der Waals surface area contributed by atoms with Gasteiger partial charge >= 0.3 is 0 Å². The fourth-order valence-electron chi connectivity index (χ4n) is 8.45. The van der Waals surface area contributed by atoms with Crippen LogP contribution in [0, 0.1) is 0 Å². The lowest BCUT2D eigenvalue weighted by molar-refractivity contribution is -0.697. The van der Waals surface area contributed by atoms with Gasteiger partial charge in [-0.3, -0.25) is 9.97 Å². The van der Waals surface area contributed by atoms with Crippen molar-refractivity contribution >= 4 is 0 Å². The maximum Gasteiger partial charge on any atom is 0.187 e. The molecule has 0 saturated heterocycles. The molecule has 0 unspecified atom stereocenters. The number of unbranched alkanes of at least 4 members (excludes halogenated alkanes) is 25. The van der Waals surface area contributed by atoms with Crippen molar-refractivity contribution in [2.24, 2.45) is 0 Å². The molecule has 0 radical (unpaired) electrons. The fraction of sp³-hybridized carbons (Fsp3) is 0.778. The number of aryl methyl sites for hydroxylation is 2. The SMILES string of the molecule is CCCCCCCC/C=C/CCCCCCCCN(CCCCN(CCCCCCCC/C=C/CCCCCCCC)CCC[n+]1ccncc1)CCC[n+]1ccncc1. The highest BCUT2D eigenvalue weighted by molar-refractivity contribution is 4.82. The Balaban J connectivity index is 1.65. The molecule has 0 fully saturated rings. The monoisotopic (exact) mass is 831 g/mol. The molecule has 60 heavy (non-hydrogen) atoms. The molecule has 2 aromatic rings. The largest absolute Gasteiger partial charge is 0.303 e. The molecule has 0 aliphatic heterocycles. The highest BCUT2D eigenvalue weighted by atomic mass is 15.1. The van der Waals surface area contributed by atoms with E-state index >= 15 is 0 Å². The molecule has 0 spiro atoms. The van der Waals surface area contributed by atoms with E-state index in [9.17, 15) is 0 Å². The molecule has 342 valence electrons. The van der Waals surface area contributed by atoms with Gasteiger partial charge in [-0.15, -0.1) is 0 Å². The van der Waals surface area contributed by atoms with Crippen LogP contribution in [0.4, 0.5) is 0 Å². The average Bonchev–Trinajstić information content (AvgIpc) is 3.27. The highest BCUT2D eigenvalue weighted by Crippen LogP contribution is 2.13. The van der Waals surface area contributed by atoms with E-state index in [2.05, 4.69) is 91.8 Å². The number of nitrogens with zero attached hydrogens (tertiary/aromatic N) is 6. The van der Waals surface area contributed by atoms with Gasteiger partial charge in [0.05, 0.1) is 24.8 Å². The maximum absolute atomic E-state index is 4.21. The van der Waals surface area contributed by atoms with Crippen molar-refractivity contribution in [3.05, 3.63) is 73.9 Å². The summed E-state index contributed by atoms with van der Waals surface area (Å²) in [5.74, 6) is 0. The van der Waals surface area contributed by atoms with Crippen LogP contribution in [-0.2, 0) is 13.1 Å². The van der Waals surface area contributed by atoms with Gasteiger partial charge in [0.25, 0.3) is 0 Å². The standard InChI is InChI=1S/C54H98N6/c1-3-5-7-9-11-13-15-17-19-21-23-25-27-29-31-33-43-57(47-37-49-59-51-39-55-40-52-59)45-35-36-46-58(48-38-50-60-53-41-56-42-54-60)44-34-32-30-28-26-24-22-20-18-16-14-12-10-8-6-4-2/h17-20,39-42,51-54H,3-16,21-38,43-50H2,1-2H3/q+2/b19-17+,20-18+. The first-order valence-corrected chi connectivity index (χ1v) is 26.1. The van der Waals surface area contributed by atoms with Crippen LogP contribution in [0.25, 0.3) is 0 Å². The summed E-state index contributed by atoms with van der Waals surface area (Å²) in [4.78, 5) is 14.0. The molecular weight excluding hydrogens is 733 g/mol. The zero-order chi connectivity index (χ0) is 42.5. The first-order chi connectivity index (χ1) is 29.8. The first kappa shape index (κ1) is 53.7. The topological polar surface area (TPSA) is 40.0 Å². The Hall–Kier alpha value is -2.44. The number of rotatable bonds is 45. The lowest BCUT2D eigenvalue weighted by atomic mass is 10.1. The molecular formula is C54H98N6+2. The van der Waals surface area contributed by atoms with Crippen LogP contribution in [0.5, 0.6) is 0 Å². The van der Waals surface area contributed by atoms with Crippen molar-refractivity contribution in [1.82, 2.24) is 19.8 Å². The summed E-state index contributed by atoms with van der Waals surface area (Å²) < 4.78 is 4.57. The zero-order valence-corrected chi connectivity index (χ0v) is 39.9. The fourth-order valence-corrected chi connectivity index (χ4v) is 8.45. The first-order valence-electron chi connectivity index (χ1n) is 26.1. The molecule has 2 heterocycles. The van der Waals surface area contributed by atoms with E-state index < -0.39 is 0 Å². The third-order valence-corrected chi connectivity index (χ3v) is 12.3. The van der Waals surface area contributed by atoms with E-state index in [-0.39, 0.29) is 0 Å². The van der Waals surface area contributed by atoms with E-state index in [1.54, 1.807) is 0 Å². The molecule has 0 aromatic carbocycles. The summed E-state index contributed by atoms with van der Waals surface area (Å²) >= 11 is 0. The lowest BCUT2D eigenvalue weighted by Crippen LogP contribution is -2.36. The maximum atomic E-state index is 4.21. The average molecular weight is 831 g/mol. The number of hydrogen-bond donors (Lipinski definition) is 0. The Morgan fingerprint density at radius 3 is 0.883 bits per heavy atom. The van der Waals surface area contributed by atoms with E-state index in [0.717, 1.165) is 13.1 Å². The van der Waals surface area contributed by atoms with Gasteiger partial charge in [0, 0.05) is 25.9 Å². The summed E-state index contributed by atoms with van der Waals surface area (Å²) in [6, 6.07) is 0. The van der Waals surface area contributed by atoms with Crippen LogP contribution >= 0.6 is 0 Å². The minimum atomic E-state index is 1.08. The van der Waals surface area contributed by atoms with Crippen LogP contribution in [0.2, 0.25) is 0 Å². The van der Waals surface area contributed by atoms with Gasteiger partial charge in [0.1, 0.15) is 13.1 Å². The molecule has 0 atom stereocenters. The molecule has 6 heteroatoms. The molecule has 0 aliphatic carbocycles. The lowest BCUT2D eigenvalue weighted by Gasteiger charge is -2.24. The van der Waals surface area contributed by atoms with Gasteiger partial charge in [-0.05, 0) is 103 Å². The Morgan fingerprint density at radius 1 is 0.317 bits per heavy atom. The Bertz CT molecular complexity index is 1090. The minimum Gasteiger partial charge on any atom is -0.303 e. The third kappa shape index (κ3) is 35.2. The van der Waals surface area contributed by atoms with Gasteiger partial charge in [-0.1, -0.05) is 154 Å². The Morgan fingerprint density at radius 2 is 0.567 bits per heavy atom. The van der Waals surface area contributed by atoms with Crippen molar-refractivity contribution in [2.75, 3.05) is 39.3 Å². The van der Waals surface area contributed by atoms with Crippen LogP contribution in [0.3, 0.4) is 0 Å². The Kier molecular flexibility index (Phi) is 38.7. The highest BCUT2D eigenvalue weighted by Gasteiger charge is 2.10. The van der Waals surface area contributed by atoms with Crippen molar-refractivity contribution in [3.63, 3.8) is 0 Å².